The molecule has 1 amide bonds. The fourth-order valence-electron chi connectivity index (χ4n) is 2.29. The third kappa shape index (κ3) is 3.92. The van der Waals surface area contributed by atoms with E-state index < -0.39 is 23.5 Å². The molecule has 2 N–H and O–H groups in total. The number of aliphatic carboxylic acids is 1. The van der Waals surface area contributed by atoms with Crippen LogP contribution in [0.5, 0.6) is 5.75 Å². The van der Waals surface area contributed by atoms with Crippen LogP contribution >= 0.6 is 0 Å². The smallest absolute Gasteiger partial charge is 0.336 e. The average Bonchev–Trinajstić information content (AvgIpc) is 2.51. The number of ether oxygens (including phenoxy) is 1. The average molecular weight is 333 g/mol. The maximum absolute atomic E-state index is 11.7. The van der Waals surface area contributed by atoms with Crippen molar-refractivity contribution in [3.8, 4) is 5.75 Å². The first-order chi connectivity index (χ1) is 11.3. The summed E-state index contributed by atoms with van der Waals surface area (Å²) in [5.74, 6) is -1.24. The Hall–Kier alpha value is -2.83. The molecule has 7 heteroatoms. The van der Waals surface area contributed by atoms with Crippen LogP contribution in [0.4, 0.5) is 0 Å². The highest BCUT2D eigenvalue weighted by Gasteiger charge is 2.15. The van der Waals surface area contributed by atoms with Crippen molar-refractivity contribution in [3.05, 3.63) is 39.7 Å². The van der Waals surface area contributed by atoms with Gasteiger partial charge in [0, 0.05) is 17.5 Å². The SMILES string of the molecule is CCc1cc2c(C)cc(=O)oc2cc1OCC(=O)NC(C)C(=O)O. The Labute approximate surface area is 138 Å². The molecule has 0 saturated carbocycles. The molecule has 1 aromatic carbocycles. The van der Waals surface area contributed by atoms with Crippen molar-refractivity contribution in [1.82, 2.24) is 5.32 Å². The van der Waals surface area contributed by atoms with Gasteiger partial charge in [0.1, 0.15) is 17.4 Å². The molecule has 0 bridgehead atoms. The van der Waals surface area contributed by atoms with Gasteiger partial charge < -0.3 is 19.6 Å². The summed E-state index contributed by atoms with van der Waals surface area (Å²) in [6, 6.07) is 3.87. The summed E-state index contributed by atoms with van der Waals surface area (Å²) in [6.07, 6.45) is 0.664. The van der Waals surface area contributed by atoms with Crippen LogP contribution in [0.15, 0.2) is 27.4 Å². The van der Waals surface area contributed by atoms with Gasteiger partial charge in [-0.1, -0.05) is 6.92 Å². The second kappa shape index (κ2) is 7.16. The summed E-state index contributed by atoms with van der Waals surface area (Å²) in [4.78, 5) is 33.9. The van der Waals surface area contributed by atoms with Crippen molar-refractivity contribution in [2.24, 2.45) is 0 Å². The van der Waals surface area contributed by atoms with Gasteiger partial charge in [0.15, 0.2) is 6.61 Å². The second-order valence-corrected chi connectivity index (χ2v) is 5.47. The van der Waals surface area contributed by atoms with Crippen molar-refractivity contribution in [2.75, 3.05) is 6.61 Å². The molecule has 0 aliphatic rings. The number of hydrogen-bond donors (Lipinski definition) is 2. The Balaban J connectivity index is 2.23. The van der Waals surface area contributed by atoms with E-state index in [-0.39, 0.29) is 6.61 Å². The first-order valence-electron chi connectivity index (χ1n) is 7.54. The fourth-order valence-corrected chi connectivity index (χ4v) is 2.29. The monoisotopic (exact) mass is 333 g/mol. The normalized spacial score (nSPS) is 12.0. The van der Waals surface area contributed by atoms with E-state index >= 15 is 0 Å². The molecule has 0 saturated heterocycles. The maximum Gasteiger partial charge on any atom is 0.336 e. The van der Waals surface area contributed by atoms with Crippen molar-refractivity contribution >= 4 is 22.8 Å². The number of aryl methyl sites for hydroxylation is 2. The molecule has 0 aliphatic heterocycles. The molecule has 1 atom stereocenters. The quantitative estimate of drug-likeness (QED) is 0.778. The number of benzene rings is 1. The predicted octanol–water partition coefficient (Wildman–Crippen LogP) is 1.63. The summed E-state index contributed by atoms with van der Waals surface area (Å²) in [7, 11) is 0. The zero-order valence-electron chi connectivity index (χ0n) is 13.7. The van der Waals surface area contributed by atoms with Crippen LogP contribution in [-0.2, 0) is 16.0 Å². The van der Waals surface area contributed by atoms with Gasteiger partial charge in [-0.3, -0.25) is 9.59 Å². The van der Waals surface area contributed by atoms with E-state index in [1.54, 1.807) is 6.07 Å². The van der Waals surface area contributed by atoms with Crippen LogP contribution in [0.1, 0.15) is 25.0 Å². The summed E-state index contributed by atoms with van der Waals surface area (Å²) >= 11 is 0. The minimum Gasteiger partial charge on any atom is -0.483 e. The summed E-state index contributed by atoms with van der Waals surface area (Å²) in [6.45, 7) is 4.80. The van der Waals surface area contributed by atoms with Crippen molar-refractivity contribution < 1.29 is 23.8 Å². The summed E-state index contributed by atoms with van der Waals surface area (Å²) in [5, 5.41) is 11.9. The molecule has 0 spiro atoms. The molecule has 2 aromatic rings. The summed E-state index contributed by atoms with van der Waals surface area (Å²) < 4.78 is 10.7. The van der Waals surface area contributed by atoms with Crippen molar-refractivity contribution in [2.45, 2.75) is 33.2 Å². The highest BCUT2D eigenvalue weighted by Crippen LogP contribution is 2.27. The molecule has 1 aromatic heterocycles. The number of carbonyl (C=O) groups excluding carboxylic acids is 1. The Kier molecular flexibility index (Phi) is 5.23. The number of fused-ring (bicyclic) bond motifs is 1. The lowest BCUT2D eigenvalue weighted by Crippen LogP contribution is -2.40. The largest absolute Gasteiger partial charge is 0.483 e. The van der Waals surface area contributed by atoms with Crippen LogP contribution in [0, 0.1) is 6.92 Å². The van der Waals surface area contributed by atoms with Crippen LogP contribution in [0.3, 0.4) is 0 Å². The first kappa shape index (κ1) is 17.5. The van der Waals surface area contributed by atoms with Crippen molar-refractivity contribution in [3.63, 3.8) is 0 Å². The lowest BCUT2D eigenvalue weighted by Gasteiger charge is -2.13. The van der Waals surface area contributed by atoms with Crippen LogP contribution in [0.2, 0.25) is 0 Å². The molecule has 2 rings (SSSR count). The van der Waals surface area contributed by atoms with E-state index in [1.165, 1.54) is 13.0 Å². The molecule has 1 heterocycles. The molecule has 24 heavy (non-hydrogen) atoms. The third-order valence-electron chi connectivity index (χ3n) is 3.62. The van der Waals surface area contributed by atoms with Gasteiger partial charge in [-0.05, 0) is 37.5 Å². The molecule has 1 unspecified atom stereocenters. The number of hydrogen-bond acceptors (Lipinski definition) is 5. The molecule has 0 fully saturated rings. The first-order valence-corrected chi connectivity index (χ1v) is 7.54. The van der Waals surface area contributed by atoms with E-state index in [9.17, 15) is 14.4 Å². The third-order valence-corrected chi connectivity index (χ3v) is 3.62. The minimum absolute atomic E-state index is 0.327. The van der Waals surface area contributed by atoms with E-state index in [0.29, 0.717) is 17.8 Å². The second-order valence-electron chi connectivity index (χ2n) is 5.47. The Morgan fingerprint density at radius 2 is 2.04 bits per heavy atom. The zero-order chi connectivity index (χ0) is 17.9. The van der Waals surface area contributed by atoms with Crippen LogP contribution in [0.25, 0.3) is 11.0 Å². The van der Waals surface area contributed by atoms with Crippen molar-refractivity contribution in [1.29, 1.82) is 0 Å². The zero-order valence-corrected chi connectivity index (χ0v) is 13.7. The fraction of sp³-hybridized carbons (Fsp3) is 0.353. The summed E-state index contributed by atoms with van der Waals surface area (Å²) in [5.41, 5.74) is 1.59. The Morgan fingerprint density at radius 3 is 2.67 bits per heavy atom. The lowest BCUT2D eigenvalue weighted by molar-refractivity contribution is -0.141. The molecule has 7 nitrogen and oxygen atoms in total. The van der Waals surface area contributed by atoms with E-state index in [0.717, 1.165) is 16.5 Å². The van der Waals surface area contributed by atoms with Gasteiger partial charge in [0.25, 0.3) is 5.91 Å². The van der Waals surface area contributed by atoms with Gasteiger partial charge >= 0.3 is 11.6 Å². The number of rotatable bonds is 6. The van der Waals surface area contributed by atoms with Crippen LogP contribution < -0.4 is 15.7 Å². The topological polar surface area (TPSA) is 106 Å². The molecule has 0 aliphatic carbocycles. The molecular formula is C17H19NO6. The highest BCUT2D eigenvalue weighted by molar-refractivity contribution is 5.85. The van der Waals surface area contributed by atoms with Gasteiger partial charge in [0.05, 0.1) is 0 Å². The minimum atomic E-state index is -1.12. The number of carbonyl (C=O) groups is 2. The maximum atomic E-state index is 11.7. The molecule has 0 radical (unpaired) electrons. The number of carboxylic acid groups (broad SMARTS) is 1. The number of nitrogens with one attached hydrogen (secondary N) is 1. The van der Waals surface area contributed by atoms with Crippen LogP contribution in [-0.4, -0.2) is 29.6 Å². The Morgan fingerprint density at radius 1 is 1.33 bits per heavy atom. The van der Waals surface area contributed by atoms with Gasteiger partial charge in [0.2, 0.25) is 0 Å². The standard InChI is InChI=1S/C17H19NO6/c1-4-11-6-12-9(2)5-16(20)24-14(12)7-13(11)23-8-15(19)18-10(3)17(21)22/h5-7,10H,4,8H2,1-3H3,(H,18,19)(H,21,22). The molecular weight excluding hydrogens is 314 g/mol. The van der Waals surface area contributed by atoms with E-state index in [1.807, 2.05) is 19.9 Å². The predicted molar refractivity (Wildman–Crippen MR) is 87.3 cm³/mol. The van der Waals surface area contributed by atoms with Gasteiger partial charge in [-0.15, -0.1) is 0 Å². The van der Waals surface area contributed by atoms with E-state index in [2.05, 4.69) is 5.32 Å². The lowest BCUT2D eigenvalue weighted by atomic mass is 10.1. The highest BCUT2D eigenvalue weighted by atomic mass is 16.5. The van der Waals surface area contributed by atoms with Gasteiger partial charge in [-0.25, -0.2) is 4.79 Å². The van der Waals surface area contributed by atoms with E-state index in [4.69, 9.17) is 14.3 Å². The molecule has 128 valence electrons. The Bertz CT molecular complexity index is 839. The number of carboxylic acids is 1. The van der Waals surface area contributed by atoms with Gasteiger partial charge in [-0.2, -0.15) is 0 Å². The number of amides is 1.